The van der Waals surface area contributed by atoms with E-state index in [2.05, 4.69) is 15.2 Å². The fraction of sp³-hybridized carbons (Fsp3) is 0.474. The maximum atomic E-state index is 12.2. The Bertz CT molecular complexity index is 777. The first-order valence-electron chi connectivity index (χ1n) is 8.84. The van der Waals surface area contributed by atoms with Crippen LogP contribution in [0.3, 0.4) is 0 Å². The first-order chi connectivity index (χ1) is 12.8. The van der Waals surface area contributed by atoms with E-state index in [0.29, 0.717) is 13.1 Å². The zero-order valence-electron chi connectivity index (χ0n) is 16.9. The van der Waals surface area contributed by atoms with Crippen LogP contribution in [0.15, 0.2) is 29.3 Å². The molecule has 2 aromatic rings. The lowest BCUT2D eigenvalue weighted by atomic mass is 10.2. The molecule has 0 unspecified atom stereocenters. The van der Waals surface area contributed by atoms with Crippen LogP contribution in [0.25, 0.3) is 0 Å². The molecule has 0 fully saturated rings. The van der Waals surface area contributed by atoms with Crippen LogP contribution in [-0.4, -0.2) is 40.8 Å². The summed E-state index contributed by atoms with van der Waals surface area (Å²) in [5, 5.41) is 7.70. The molecule has 0 aliphatic carbocycles. The summed E-state index contributed by atoms with van der Waals surface area (Å²) in [5.74, 6) is 0.924. The average molecular weight is 507 g/mol. The van der Waals surface area contributed by atoms with Crippen LogP contribution in [0.4, 0.5) is 8.78 Å². The van der Waals surface area contributed by atoms with Crippen LogP contribution in [0.5, 0.6) is 5.75 Å². The van der Waals surface area contributed by atoms with Gasteiger partial charge in [-0.3, -0.25) is 4.68 Å². The molecule has 6 nitrogen and oxygen atoms in total. The molecule has 0 saturated carbocycles. The van der Waals surface area contributed by atoms with Crippen LogP contribution >= 0.6 is 24.0 Å². The molecule has 0 aliphatic rings. The Morgan fingerprint density at radius 3 is 2.43 bits per heavy atom. The van der Waals surface area contributed by atoms with E-state index in [1.54, 1.807) is 24.3 Å². The highest BCUT2D eigenvalue weighted by Gasteiger charge is 2.11. The summed E-state index contributed by atoms with van der Waals surface area (Å²) in [6.07, 6.45) is 0. The summed E-state index contributed by atoms with van der Waals surface area (Å²) in [5.41, 5.74) is 4.17. The molecular weight excluding hydrogens is 479 g/mol. The van der Waals surface area contributed by atoms with Crippen molar-refractivity contribution in [2.24, 2.45) is 12.0 Å². The first-order valence-corrected chi connectivity index (χ1v) is 8.84. The number of hydrogen-bond acceptors (Lipinski definition) is 3. The Morgan fingerprint density at radius 2 is 1.93 bits per heavy atom. The highest BCUT2D eigenvalue weighted by atomic mass is 127. The predicted molar refractivity (Wildman–Crippen MR) is 117 cm³/mol. The molecule has 2 rings (SSSR count). The smallest absolute Gasteiger partial charge is 0.387 e. The number of aliphatic imine (C=N–C) groups is 1. The topological polar surface area (TPSA) is 54.7 Å². The van der Waals surface area contributed by atoms with E-state index >= 15 is 0 Å². The molecule has 0 radical (unpaired) electrons. The van der Waals surface area contributed by atoms with Crippen LogP contribution in [0.1, 0.15) is 29.4 Å². The molecule has 9 heteroatoms. The van der Waals surface area contributed by atoms with Gasteiger partial charge >= 0.3 is 6.61 Å². The molecule has 0 bridgehead atoms. The van der Waals surface area contributed by atoms with Crippen molar-refractivity contribution in [3.05, 3.63) is 46.8 Å². The maximum absolute atomic E-state index is 12.2. The Balaban J connectivity index is 0.00000392. The van der Waals surface area contributed by atoms with Crippen molar-refractivity contribution >= 4 is 29.9 Å². The zero-order chi connectivity index (χ0) is 20.0. The molecule has 0 amide bonds. The monoisotopic (exact) mass is 507 g/mol. The first kappa shape index (κ1) is 24.1. The third kappa shape index (κ3) is 6.61. The zero-order valence-corrected chi connectivity index (χ0v) is 19.2. The van der Waals surface area contributed by atoms with Gasteiger partial charge in [-0.1, -0.05) is 12.1 Å². The van der Waals surface area contributed by atoms with Crippen LogP contribution < -0.4 is 10.1 Å². The second-order valence-corrected chi connectivity index (χ2v) is 6.32. The van der Waals surface area contributed by atoms with Gasteiger partial charge in [-0.2, -0.15) is 13.9 Å². The Labute approximate surface area is 182 Å². The minimum Gasteiger partial charge on any atom is -0.435 e. The summed E-state index contributed by atoms with van der Waals surface area (Å²) < 4.78 is 30.7. The number of benzene rings is 1. The fourth-order valence-electron chi connectivity index (χ4n) is 2.79. The minimum absolute atomic E-state index is 0. The van der Waals surface area contributed by atoms with Crippen molar-refractivity contribution in [2.45, 2.75) is 40.5 Å². The van der Waals surface area contributed by atoms with Crippen LogP contribution in [0, 0.1) is 13.8 Å². The standard InChI is InChI=1S/C19H27F2N5O.HI/c1-6-22-19(23-11-17-13(2)24-26(5)14(17)3)25(4)12-15-7-9-16(10-8-15)27-18(20)21;/h7-10,18H,6,11-12H2,1-5H3,(H,22,23);1H. The van der Waals surface area contributed by atoms with Gasteiger partial charge in [0.25, 0.3) is 0 Å². The maximum Gasteiger partial charge on any atom is 0.387 e. The van der Waals surface area contributed by atoms with E-state index in [4.69, 9.17) is 4.99 Å². The summed E-state index contributed by atoms with van der Waals surface area (Å²) in [6, 6.07) is 6.63. The largest absolute Gasteiger partial charge is 0.435 e. The van der Waals surface area contributed by atoms with Crippen molar-refractivity contribution in [2.75, 3.05) is 13.6 Å². The number of hydrogen-bond donors (Lipinski definition) is 1. The lowest BCUT2D eigenvalue weighted by Gasteiger charge is -2.22. The van der Waals surface area contributed by atoms with Gasteiger partial charge in [0.05, 0.1) is 12.2 Å². The molecular formula is C19H28F2IN5O. The normalized spacial score (nSPS) is 11.4. The van der Waals surface area contributed by atoms with Gasteiger partial charge in [0.2, 0.25) is 0 Å². The summed E-state index contributed by atoms with van der Waals surface area (Å²) in [4.78, 5) is 6.72. The molecule has 0 atom stereocenters. The van der Waals surface area contributed by atoms with Crippen molar-refractivity contribution < 1.29 is 13.5 Å². The molecule has 0 aliphatic heterocycles. The number of aryl methyl sites for hydroxylation is 2. The SMILES string of the molecule is CCNC(=NCc1c(C)nn(C)c1C)N(C)Cc1ccc(OC(F)F)cc1.I. The number of halogens is 3. The van der Waals surface area contributed by atoms with Gasteiger partial charge in [0.1, 0.15) is 5.75 Å². The molecule has 0 spiro atoms. The van der Waals surface area contributed by atoms with Gasteiger partial charge in [0, 0.05) is 38.4 Å². The van der Waals surface area contributed by atoms with E-state index in [9.17, 15) is 8.78 Å². The number of guanidine groups is 1. The van der Waals surface area contributed by atoms with E-state index in [-0.39, 0.29) is 29.7 Å². The molecule has 156 valence electrons. The quantitative estimate of drug-likeness (QED) is 0.352. The third-order valence-electron chi connectivity index (χ3n) is 4.31. The second kappa shape index (κ2) is 11.2. The molecule has 28 heavy (non-hydrogen) atoms. The Kier molecular flexibility index (Phi) is 9.63. The predicted octanol–water partition coefficient (Wildman–Crippen LogP) is 3.85. The lowest BCUT2D eigenvalue weighted by Crippen LogP contribution is -2.38. The van der Waals surface area contributed by atoms with Gasteiger partial charge in [-0.15, -0.1) is 24.0 Å². The summed E-state index contributed by atoms with van der Waals surface area (Å²) in [6.45, 7) is 5.09. The molecule has 1 aromatic carbocycles. The van der Waals surface area contributed by atoms with Crippen LogP contribution in [-0.2, 0) is 20.1 Å². The van der Waals surface area contributed by atoms with E-state index in [1.807, 2.05) is 44.4 Å². The van der Waals surface area contributed by atoms with Gasteiger partial charge in [-0.05, 0) is 38.5 Å². The highest BCUT2D eigenvalue weighted by Crippen LogP contribution is 2.16. The minimum atomic E-state index is -2.81. The Morgan fingerprint density at radius 1 is 1.29 bits per heavy atom. The summed E-state index contributed by atoms with van der Waals surface area (Å²) in [7, 11) is 3.86. The fourth-order valence-corrected chi connectivity index (χ4v) is 2.79. The summed E-state index contributed by atoms with van der Waals surface area (Å²) >= 11 is 0. The number of rotatable bonds is 7. The molecule has 1 heterocycles. The number of aromatic nitrogens is 2. The molecule has 0 saturated heterocycles. The van der Waals surface area contributed by atoms with Gasteiger partial charge in [-0.25, -0.2) is 4.99 Å². The average Bonchev–Trinajstić information content (AvgIpc) is 2.85. The number of nitrogens with zero attached hydrogens (tertiary/aromatic N) is 4. The third-order valence-corrected chi connectivity index (χ3v) is 4.31. The number of nitrogens with one attached hydrogen (secondary N) is 1. The number of ether oxygens (including phenoxy) is 1. The van der Waals surface area contributed by atoms with Crippen molar-refractivity contribution in [1.82, 2.24) is 20.0 Å². The molecule has 1 N–H and O–H groups in total. The van der Waals surface area contributed by atoms with Gasteiger partial charge < -0.3 is 15.0 Å². The van der Waals surface area contributed by atoms with E-state index in [0.717, 1.165) is 35.0 Å². The van der Waals surface area contributed by atoms with Crippen molar-refractivity contribution in [1.29, 1.82) is 0 Å². The second-order valence-electron chi connectivity index (χ2n) is 6.32. The van der Waals surface area contributed by atoms with Crippen molar-refractivity contribution in [3.8, 4) is 5.75 Å². The van der Waals surface area contributed by atoms with E-state index < -0.39 is 6.61 Å². The highest BCUT2D eigenvalue weighted by molar-refractivity contribution is 14.0. The van der Waals surface area contributed by atoms with Crippen LogP contribution in [0.2, 0.25) is 0 Å². The number of alkyl halides is 2. The van der Waals surface area contributed by atoms with Crippen molar-refractivity contribution in [3.63, 3.8) is 0 Å². The van der Waals surface area contributed by atoms with E-state index in [1.165, 1.54) is 0 Å². The molecule has 1 aromatic heterocycles. The van der Waals surface area contributed by atoms with Gasteiger partial charge in [0.15, 0.2) is 5.96 Å². The Hall–Kier alpha value is -1.91. The lowest BCUT2D eigenvalue weighted by molar-refractivity contribution is -0.0498.